The Kier molecular flexibility index (Phi) is 5.59. The number of rotatable bonds is 2. The largest absolute Gasteiger partial charge is 0.300 e. The number of Topliss-reactive ketones (excluding diaryl/α,β-unsaturated/α-hetero) is 1. The Hall–Kier alpha value is -0.330. The van der Waals surface area contributed by atoms with Crippen LogP contribution in [0.2, 0.25) is 0 Å². The average Bonchev–Trinajstić information content (AvgIpc) is 2.70. The summed E-state index contributed by atoms with van der Waals surface area (Å²) in [4.78, 5) is 10.2. The molecule has 0 aromatic heterocycles. The van der Waals surface area contributed by atoms with Crippen molar-refractivity contribution in [1.82, 2.24) is 0 Å². The highest BCUT2D eigenvalue weighted by Crippen LogP contribution is 2.12. The molecule has 0 unspecified atom stereocenters. The first-order valence-corrected chi connectivity index (χ1v) is 3.64. The lowest BCUT2D eigenvalue weighted by Gasteiger charge is -1.81. The molecule has 53 valence electrons. The van der Waals surface area contributed by atoms with Crippen LogP contribution in [-0.2, 0) is 4.79 Å². The van der Waals surface area contributed by atoms with E-state index < -0.39 is 0 Å². The zero-order chi connectivity index (χ0) is 7.11. The average molecular weight is 127 g/mol. The fourth-order valence-corrected chi connectivity index (χ4v) is 0.250. The van der Waals surface area contributed by atoms with Gasteiger partial charge in [0.25, 0.3) is 0 Å². The van der Waals surface area contributed by atoms with E-state index in [4.69, 9.17) is 0 Å². The van der Waals surface area contributed by atoms with Gasteiger partial charge in [0.05, 0.1) is 0 Å². The van der Waals surface area contributed by atoms with Gasteiger partial charge in [-0.3, -0.25) is 4.79 Å². The molecule has 0 aromatic rings. The van der Waals surface area contributed by atoms with Crippen molar-refractivity contribution in [3.63, 3.8) is 0 Å². The number of carbonyl (C=O) groups is 1. The van der Waals surface area contributed by atoms with E-state index >= 15 is 0 Å². The van der Waals surface area contributed by atoms with Gasteiger partial charge >= 0.3 is 0 Å². The summed E-state index contributed by atoms with van der Waals surface area (Å²) in [6, 6.07) is 0. The Morgan fingerprint density at radius 1 is 1.33 bits per heavy atom. The van der Waals surface area contributed by atoms with Crippen LogP contribution in [0.4, 0.5) is 0 Å². The van der Waals surface area contributed by atoms with Gasteiger partial charge < -0.3 is 0 Å². The van der Waals surface area contributed by atoms with E-state index in [0.29, 0.717) is 18.6 Å². The van der Waals surface area contributed by atoms with Crippen LogP contribution >= 0.6 is 0 Å². The van der Waals surface area contributed by atoms with Crippen molar-refractivity contribution in [1.29, 1.82) is 0 Å². The maximum absolute atomic E-state index is 10.2. The highest BCUT2D eigenvalue weighted by atomic mass is 16.1. The molecule has 1 heteroatoms. The summed E-state index contributed by atoms with van der Waals surface area (Å²) in [5.41, 5.74) is 0. The molecule has 1 saturated carbocycles. The highest BCUT2D eigenvalue weighted by molar-refractivity contribution is 5.77. The first-order valence-electron chi connectivity index (χ1n) is 3.64. The summed E-state index contributed by atoms with van der Waals surface area (Å²) >= 11 is 0. The lowest BCUT2D eigenvalue weighted by atomic mass is 10.3. The maximum atomic E-state index is 10.2. The van der Waals surface area contributed by atoms with Gasteiger partial charge in [0, 0.05) is 12.8 Å². The zero-order valence-electron chi connectivity index (χ0n) is 6.31. The predicted molar refractivity (Wildman–Crippen MR) is 39.1 cm³/mol. The van der Waals surface area contributed by atoms with Crippen molar-refractivity contribution in [2.75, 3.05) is 0 Å². The number of carbonyl (C=O) groups excluding carboxylic acids is 1. The number of hydrogen-bond acceptors (Lipinski definition) is 1. The maximum Gasteiger partial charge on any atom is 0.132 e. The molecule has 0 N–H and O–H groups in total. The normalized spacial score (nSPS) is 13.6. The third-order valence-electron chi connectivity index (χ3n) is 1.08. The minimum atomic E-state index is 0.343. The molecule has 1 aliphatic rings. The van der Waals surface area contributed by atoms with Crippen molar-refractivity contribution in [3.05, 3.63) is 6.42 Å². The van der Waals surface area contributed by atoms with Crippen LogP contribution in [0.25, 0.3) is 0 Å². The fourth-order valence-electron chi connectivity index (χ4n) is 0.250. The first kappa shape index (κ1) is 8.67. The van der Waals surface area contributed by atoms with E-state index in [0.717, 1.165) is 0 Å². The zero-order valence-corrected chi connectivity index (χ0v) is 6.31. The van der Waals surface area contributed by atoms with Gasteiger partial charge in [-0.05, 0) is 19.3 Å². The topological polar surface area (TPSA) is 17.1 Å². The minimum absolute atomic E-state index is 0.343. The molecular weight excluding hydrogens is 112 g/mol. The fraction of sp³-hybridized carbons (Fsp3) is 0.750. The third kappa shape index (κ3) is 11.3. The summed E-state index contributed by atoms with van der Waals surface area (Å²) < 4.78 is 0. The molecule has 0 spiro atoms. The van der Waals surface area contributed by atoms with Crippen LogP contribution in [0.1, 0.15) is 39.5 Å². The van der Waals surface area contributed by atoms with Crippen LogP contribution in [0.3, 0.4) is 0 Å². The van der Waals surface area contributed by atoms with Crippen molar-refractivity contribution in [2.24, 2.45) is 0 Å². The predicted octanol–water partition coefficient (Wildman–Crippen LogP) is 2.36. The van der Waals surface area contributed by atoms with Gasteiger partial charge in [-0.15, -0.1) is 0 Å². The van der Waals surface area contributed by atoms with E-state index in [1.165, 1.54) is 12.8 Å². The molecule has 0 saturated heterocycles. The second-order valence-electron chi connectivity index (χ2n) is 2.11. The number of hydrogen-bond donors (Lipinski definition) is 0. The highest BCUT2D eigenvalue weighted by Gasteiger charge is 1.95. The molecule has 1 fully saturated rings. The molecule has 1 nitrogen and oxygen atoms in total. The quantitative estimate of drug-likeness (QED) is 0.556. The van der Waals surface area contributed by atoms with Crippen molar-refractivity contribution in [3.8, 4) is 0 Å². The Balaban J connectivity index is 0.000000173. The molecule has 1 rings (SSSR count). The Bertz CT molecular complexity index is 65.9. The molecule has 0 amide bonds. The van der Waals surface area contributed by atoms with Crippen LogP contribution in [0.5, 0.6) is 0 Å². The second-order valence-corrected chi connectivity index (χ2v) is 2.11. The lowest BCUT2D eigenvalue weighted by molar-refractivity contribution is -0.118. The molecule has 0 aromatic carbocycles. The van der Waals surface area contributed by atoms with E-state index in [-0.39, 0.29) is 0 Å². The molecular formula is C8H15O. The van der Waals surface area contributed by atoms with E-state index in [2.05, 4.69) is 6.42 Å². The van der Waals surface area contributed by atoms with Crippen LogP contribution in [0, 0.1) is 6.42 Å². The van der Waals surface area contributed by atoms with Crippen molar-refractivity contribution in [2.45, 2.75) is 39.5 Å². The molecule has 0 heterocycles. The Morgan fingerprint density at radius 3 is 1.67 bits per heavy atom. The van der Waals surface area contributed by atoms with E-state index in [1.807, 2.05) is 13.8 Å². The second kappa shape index (κ2) is 5.80. The summed E-state index contributed by atoms with van der Waals surface area (Å²) in [5, 5.41) is 0. The molecule has 9 heavy (non-hydrogen) atoms. The summed E-state index contributed by atoms with van der Waals surface area (Å²) in [6.45, 7) is 3.76. The third-order valence-corrected chi connectivity index (χ3v) is 1.08. The van der Waals surface area contributed by atoms with Crippen LogP contribution in [0.15, 0.2) is 0 Å². The summed E-state index contributed by atoms with van der Waals surface area (Å²) in [5.74, 6) is 0.343. The molecule has 1 aliphatic carbocycles. The monoisotopic (exact) mass is 127 g/mol. The van der Waals surface area contributed by atoms with Gasteiger partial charge in [-0.1, -0.05) is 13.8 Å². The van der Waals surface area contributed by atoms with Gasteiger partial charge in [0.15, 0.2) is 0 Å². The molecule has 0 aliphatic heterocycles. The lowest BCUT2D eigenvalue weighted by Crippen LogP contribution is -1.88. The van der Waals surface area contributed by atoms with Crippen LogP contribution in [-0.4, -0.2) is 5.78 Å². The summed E-state index contributed by atoms with van der Waals surface area (Å²) in [7, 11) is 0. The summed E-state index contributed by atoms with van der Waals surface area (Å²) in [6.07, 6.45) is 6.38. The number of ketones is 1. The smallest absolute Gasteiger partial charge is 0.132 e. The Labute approximate surface area is 57.5 Å². The Morgan fingerprint density at radius 2 is 1.67 bits per heavy atom. The van der Waals surface area contributed by atoms with Crippen molar-refractivity contribution < 1.29 is 4.79 Å². The molecule has 1 radical (unpaired) electrons. The van der Waals surface area contributed by atoms with Gasteiger partial charge in [0.2, 0.25) is 0 Å². The van der Waals surface area contributed by atoms with Crippen molar-refractivity contribution >= 4 is 5.78 Å². The molecule has 0 bridgehead atoms. The standard InChI is InChI=1S/C5H10O.C3H5/c1-3-5(6)4-2;1-2-3-1/h3-4H2,1-2H3;1H,2-3H2. The molecule has 0 atom stereocenters. The SMILES string of the molecule is CCC(=O)CC.[CH]1CC1. The van der Waals surface area contributed by atoms with E-state index in [1.54, 1.807) is 0 Å². The van der Waals surface area contributed by atoms with E-state index in [9.17, 15) is 4.79 Å². The van der Waals surface area contributed by atoms with Gasteiger partial charge in [0.1, 0.15) is 5.78 Å². The van der Waals surface area contributed by atoms with Gasteiger partial charge in [-0.25, -0.2) is 0 Å². The minimum Gasteiger partial charge on any atom is -0.300 e. The van der Waals surface area contributed by atoms with Gasteiger partial charge in [-0.2, -0.15) is 0 Å². The first-order chi connectivity index (χ1) is 4.31. The van der Waals surface area contributed by atoms with Crippen LogP contribution < -0.4 is 0 Å².